The van der Waals surface area contributed by atoms with Gasteiger partial charge < -0.3 is 0 Å². The number of benzene rings is 1. The third-order valence-electron chi connectivity index (χ3n) is 4.29. The van der Waals surface area contributed by atoms with Gasteiger partial charge in [-0.05, 0) is 29.9 Å². The predicted octanol–water partition coefficient (Wildman–Crippen LogP) is 1.93. The Bertz CT molecular complexity index is 904. The number of hydrazine groups is 1. The van der Waals surface area contributed by atoms with E-state index in [1.165, 1.54) is 10.4 Å². The average Bonchev–Trinajstić information content (AvgIpc) is 3.18. The number of nitrogens with one attached hydrogen (secondary N) is 2. The molecule has 7 nitrogen and oxygen atoms in total. The maximum atomic E-state index is 12.8. The van der Waals surface area contributed by atoms with Gasteiger partial charge in [-0.15, -0.1) is 11.3 Å². The number of carbonyl (C=O) groups is 2. The number of hydrogen-bond donors (Lipinski definition) is 2. The van der Waals surface area contributed by atoms with E-state index in [2.05, 4.69) is 10.9 Å². The number of sulfonamides is 1. The zero-order chi connectivity index (χ0) is 19.3. The summed E-state index contributed by atoms with van der Waals surface area (Å²) in [5.41, 5.74) is 5.46. The standard InChI is InChI=1S/C18H21N3O4S2/c22-16(13-14-7-3-1-4-8-14)19-20-18(23)17-15(9-12-26-17)27(24,25)21-10-5-2-6-11-21/h1,3-4,7-9,12H,2,5-6,10-11,13H2,(H,19,22)(H,20,23). The molecule has 1 aromatic heterocycles. The molecule has 2 N–H and O–H groups in total. The lowest BCUT2D eigenvalue weighted by molar-refractivity contribution is -0.121. The van der Waals surface area contributed by atoms with E-state index >= 15 is 0 Å². The molecule has 0 radical (unpaired) electrons. The van der Waals surface area contributed by atoms with Crippen molar-refractivity contribution < 1.29 is 18.0 Å². The molecule has 2 heterocycles. The highest BCUT2D eigenvalue weighted by atomic mass is 32.2. The van der Waals surface area contributed by atoms with Crippen LogP contribution >= 0.6 is 11.3 Å². The number of rotatable bonds is 5. The van der Waals surface area contributed by atoms with Crippen molar-refractivity contribution in [2.75, 3.05) is 13.1 Å². The number of hydrogen-bond acceptors (Lipinski definition) is 5. The van der Waals surface area contributed by atoms with Crippen molar-refractivity contribution in [3.8, 4) is 0 Å². The van der Waals surface area contributed by atoms with Crippen LogP contribution < -0.4 is 10.9 Å². The van der Waals surface area contributed by atoms with Crippen LogP contribution in [-0.4, -0.2) is 37.6 Å². The van der Waals surface area contributed by atoms with Crippen molar-refractivity contribution in [1.29, 1.82) is 0 Å². The Balaban J connectivity index is 1.64. The van der Waals surface area contributed by atoms with Crippen molar-refractivity contribution in [3.63, 3.8) is 0 Å². The second-order valence-electron chi connectivity index (χ2n) is 6.24. The molecule has 0 unspecified atom stereocenters. The van der Waals surface area contributed by atoms with Crippen molar-refractivity contribution in [1.82, 2.24) is 15.2 Å². The van der Waals surface area contributed by atoms with Gasteiger partial charge in [0.25, 0.3) is 5.91 Å². The summed E-state index contributed by atoms with van der Waals surface area (Å²) in [5, 5.41) is 1.57. The quantitative estimate of drug-likeness (QED) is 0.741. The van der Waals surface area contributed by atoms with Crippen molar-refractivity contribution in [3.05, 3.63) is 52.2 Å². The number of piperidine rings is 1. The van der Waals surface area contributed by atoms with Gasteiger partial charge in [-0.3, -0.25) is 20.4 Å². The van der Waals surface area contributed by atoms with Crippen LogP contribution in [0.15, 0.2) is 46.7 Å². The number of carbonyl (C=O) groups excluding carboxylic acids is 2. The Morgan fingerprint density at radius 3 is 2.41 bits per heavy atom. The summed E-state index contributed by atoms with van der Waals surface area (Å²) in [5.74, 6) is -1.02. The maximum Gasteiger partial charge on any atom is 0.281 e. The first-order chi connectivity index (χ1) is 13.0. The molecule has 0 saturated carbocycles. The molecule has 1 aliphatic heterocycles. The van der Waals surface area contributed by atoms with Gasteiger partial charge in [0.1, 0.15) is 9.77 Å². The zero-order valence-corrected chi connectivity index (χ0v) is 16.3. The van der Waals surface area contributed by atoms with Gasteiger partial charge in [-0.25, -0.2) is 8.42 Å². The van der Waals surface area contributed by atoms with Gasteiger partial charge in [0, 0.05) is 13.1 Å². The predicted molar refractivity (Wildman–Crippen MR) is 103 cm³/mol. The molecule has 0 atom stereocenters. The molecule has 27 heavy (non-hydrogen) atoms. The fourth-order valence-corrected chi connectivity index (χ4v) is 5.73. The molecule has 2 amide bonds. The number of thiophene rings is 1. The van der Waals surface area contributed by atoms with Gasteiger partial charge in [0.05, 0.1) is 6.42 Å². The molecule has 2 aromatic rings. The molecule has 0 aliphatic carbocycles. The van der Waals surface area contributed by atoms with Crippen LogP contribution in [0.5, 0.6) is 0 Å². The molecular formula is C18H21N3O4S2. The largest absolute Gasteiger partial charge is 0.281 e. The van der Waals surface area contributed by atoms with Crippen LogP contribution in [0.2, 0.25) is 0 Å². The van der Waals surface area contributed by atoms with E-state index in [9.17, 15) is 18.0 Å². The first-order valence-corrected chi connectivity index (χ1v) is 11.0. The van der Waals surface area contributed by atoms with Crippen LogP contribution in [0.1, 0.15) is 34.5 Å². The summed E-state index contributed by atoms with van der Waals surface area (Å²) >= 11 is 1.03. The van der Waals surface area contributed by atoms with Gasteiger partial charge in [0.15, 0.2) is 0 Å². The Labute approximate surface area is 162 Å². The summed E-state index contributed by atoms with van der Waals surface area (Å²) in [4.78, 5) is 24.4. The summed E-state index contributed by atoms with van der Waals surface area (Å²) in [6, 6.07) is 10.6. The molecule has 3 rings (SSSR count). The molecule has 144 valence electrons. The molecule has 0 spiro atoms. The van der Waals surface area contributed by atoms with Gasteiger partial charge >= 0.3 is 0 Å². The Morgan fingerprint density at radius 1 is 1.00 bits per heavy atom. The normalized spacial score (nSPS) is 15.3. The van der Waals surface area contributed by atoms with Gasteiger partial charge in [0.2, 0.25) is 15.9 Å². The van der Waals surface area contributed by atoms with Crippen molar-refractivity contribution in [2.45, 2.75) is 30.6 Å². The number of amides is 2. The Morgan fingerprint density at radius 2 is 1.70 bits per heavy atom. The summed E-state index contributed by atoms with van der Waals surface area (Å²) < 4.78 is 27.1. The highest BCUT2D eigenvalue weighted by Crippen LogP contribution is 2.27. The van der Waals surface area contributed by atoms with Gasteiger partial charge in [-0.1, -0.05) is 36.8 Å². The summed E-state index contributed by atoms with van der Waals surface area (Å²) in [6.45, 7) is 0.931. The maximum absolute atomic E-state index is 12.8. The lowest BCUT2D eigenvalue weighted by Crippen LogP contribution is -2.43. The van der Waals surface area contributed by atoms with Crippen LogP contribution in [0.25, 0.3) is 0 Å². The van der Waals surface area contributed by atoms with E-state index < -0.39 is 15.9 Å². The highest BCUT2D eigenvalue weighted by Gasteiger charge is 2.31. The Kier molecular flexibility index (Phi) is 6.25. The van der Waals surface area contributed by atoms with E-state index in [0.29, 0.717) is 13.1 Å². The first-order valence-electron chi connectivity index (χ1n) is 8.69. The van der Waals surface area contributed by atoms with E-state index in [0.717, 1.165) is 36.2 Å². The fourth-order valence-electron chi connectivity index (χ4n) is 2.92. The van der Waals surface area contributed by atoms with Crippen LogP contribution in [0, 0.1) is 0 Å². The summed E-state index contributed by atoms with van der Waals surface area (Å²) in [7, 11) is -3.71. The molecule has 1 aromatic carbocycles. The summed E-state index contributed by atoms with van der Waals surface area (Å²) in [6.07, 6.45) is 2.77. The van der Waals surface area contributed by atoms with Crippen LogP contribution in [0.4, 0.5) is 0 Å². The van der Waals surface area contributed by atoms with E-state index in [4.69, 9.17) is 0 Å². The van der Waals surface area contributed by atoms with E-state index in [1.807, 2.05) is 30.3 Å². The first kappa shape index (κ1) is 19.5. The number of nitrogens with zero attached hydrogens (tertiary/aromatic N) is 1. The van der Waals surface area contributed by atoms with Crippen LogP contribution in [-0.2, 0) is 21.2 Å². The monoisotopic (exact) mass is 407 g/mol. The van der Waals surface area contributed by atoms with Crippen molar-refractivity contribution in [2.24, 2.45) is 0 Å². The molecule has 1 fully saturated rings. The highest BCUT2D eigenvalue weighted by molar-refractivity contribution is 7.89. The van der Waals surface area contributed by atoms with E-state index in [-0.39, 0.29) is 22.1 Å². The lowest BCUT2D eigenvalue weighted by atomic mass is 10.1. The molecular weight excluding hydrogens is 386 g/mol. The van der Waals surface area contributed by atoms with Gasteiger partial charge in [-0.2, -0.15) is 4.31 Å². The van der Waals surface area contributed by atoms with Crippen LogP contribution in [0.3, 0.4) is 0 Å². The third-order valence-corrected chi connectivity index (χ3v) is 7.27. The zero-order valence-electron chi connectivity index (χ0n) is 14.7. The lowest BCUT2D eigenvalue weighted by Gasteiger charge is -2.25. The SMILES string of the molecule is O=C(Cc1ccccc1)NNC(=O)c1sccc1S(=O)(=O)N1CCCCC1. The molecule has 1 saturated heterocycles. The Hall–Kier alpha value is -2.23. The smallest absolute Gasteiger partial charge is 0.273 e. The second kappa shape index (κ2) is 8.64. The fraction of sp³-hybridized carbons (Fsp3) is 0.333. The molecule has 0 bridgehead atoms. The minimum atomic E-state index is -3.71. The molecule has 9 heteroatoms. The van der Waals surface area contributed by atoms with E-state index in [1.54, 1.807) is 5.38 Å². The third kappa shape index (κ3) is 4.74. The molecule has 1 aliphatic rings. The average molecular weight is 408 g/mol. The second-order valence-corrected chi connectivity index (χ2v) is 9.07. The van der Waals surface area contributed by atoms with Crippen molar-refractivity contribution >= 4 is 33.2 Å². The minimum Gasteiger partial charge on any atom is -0.273 e. The topological polar surface area (TPSA) is 95.6 Å². The minimum absolute atomic E-state index is 0.00999.